The number of sulfonamides is 1. The van der Waals surface area contributed by atoms with Gasteiger partial charge in [0, 0.05) is 110 Å². The molecule has 696 valence electrons. The lowest BCUT2D eigenvalue weighted by Gasteiger charge is -2.45. The largest absolute Gasteiger partial charge is 0.473 e. The zero-order valence-corrected chi connectivity index (χ0v) is 78.7. The molecule has 32 heteroatoms. The number of carbonyl (C=O) groups excluding carboxylic acids is 2. The number of esters is 1. The molecule has 0 bridgehead atoms. The molecule has 3 aliphatic heterocycles. The first-order valence-electron chi connectivity index (χ1n) is 45.8. The van der Waals surface area contributed by atoms with Crippen LogP contribution in [0.2, 0.25) is 0 Å². The van der Waals surface area contributed by atoms with Gasteiger partial charge in [0.1, 0.15) is 12.7 Å². The molecule has 1 aliphatic carbocycles. The standard InChI is InChI=1S/C55H70ClN7O5.C45H49N9O8S2/c1-6-9-10-11-12-13-14-15-16-17-18-23-36-67-52(65)35-34-50(64)57-42-30-28-41(29-31-42)53-58-54-55(56,40(5)59-63(54)60-53)62(49-33-32-43(37-39(49)4)61(7-2)8-3)51(68-66)38-48-46-26-21-19-24-44(46)45-25-20-22-27-47(45)48;1-5-51(6-2)35-22-23-38(31(3)26-35)53(41(62-56)28-37-27-34-18-13-14-21-40(34)63(37,57)58)45(52-25-15-24-46-52)43-48-42(32(4)29-47-64(59,60)36-19-11-8-12-20-36)49-54(43)50-44(45)61-30-39(55)33-16-9-7-10-17-33/h19-22,24-33,37,48,51,66H,6-18,23,34-36,38H2,1-5H3,(H,57,64);7-27,32,39,41,47,55-56H,5-6,28-30H2,1-4H3. The highest BCUT2D eigenvalue weighted by Crippen LogP contribution is 2.52. The first-order chi connectivity index (χ1) is 63.9. The number of ether oxygens (including phenoxy) is 2. The zero-order chi connectivity index (χ0) is 93.3. The number of nitrogens with one attached hydrogen (secondary N) is 2. The fourth-order valence-electron chi connectivity index (χ4n) is 17.9. The molecule has 6 heterocycles. The Balaban J connectivity index is 0.000000213. The third-order valence-corrected chi connectivity index (χ3v) is 29.0. The lowest BCUT2D eigenvalue weighted by atomic mass is 9.91. The number of hydrogen-bond acceptors (Lipinski definition) is 24. The molecule has 11 aromatic rings. The van der Waals surface area contributed by atoms with Crippen LogP contribution in [0.1, 0.15) is 220 Å². The summed E-state index contributed by atoms with van der Waals surface area (Å²) in [6.45, 7) is 21.3. The van der Waals surface area contributed by atoms with Gasteiger partial charge >= 0.3 is 5.97 Å². The van der Waals surface area contributed by atoms with E-state index in [2.05, 4.69) is 90.9 Å². The average Bonchev–Trinajstić information content (AvgIpc) is 1.53. The van der Waals surface area contributed by atoms with Crippen molar-refractivity contribution in [3.8, 4) is 22.5 Å². The van der Waals surface area contributed by atoms with E-state index in [1.807, 2.05) is 92.4 Å². The van der Waals surface area contributed by atoms with Crippen molar-refractivity contribution in [2.75, 3.05) is 70.9 Å². The lowest BCUT2D eigenvalue weighted by Crippen LogP contribution is -2.62. The van der Waals surface area contributed by atoms with Gasteiger partial charge in [0.05, 0.1) is 33.4 Å². The van der Waals surface area contributed by atoms with E-state index in [-0.39, 0.29) is 82.5 Å². The number of hydrogen-bond donors (Lipinski definition) is 5. The van der Waals surface area contributed by atoms with Gasteiger partial charge in [0.2, 0.25) is 42.4 Å². The Morgan fingerprint density at radius 3 is 1.77 bits per heavy atom. The normalized spacial score (nSPS) is 16.5. The first kappa shape index (κ1) is 96.3. The fraction of sp³-hybridized carbons (Fsp3) is 0.390. The molecule has 0 radical (unpaired) electrons. The molecule has 132 heavy (non-hydrogen) atoms. The van der Waals surface area contributed by atoms with Crippen molar-refractivity contribution in [2.24, 2.45) is 10.2 Å². The summed E-state index contributed by atoms with van der Waals surface area (Å²) in [5.74, 6) is -0.469. The summed E-state index contributed by atoms with van der Waals surface area (Å²) >= 11 is 7.95. The number of aryl methyl sites for hydroxylation is 2. The van der Waals surface area contributed by atoms with E-state index in [1.165, 1.54) is 96.4 Å². The van der Waals surface area contributed by atoms with Crippen molar-refractivity contribution in [2.45, 2.75) is 216 Å². The quantitative estimate of drug-likeness (QED) is 0.00450. The van der Waals surface area contributed by atoms with Crippen molar-refractivity contribution >= 4 is 89.5 Å². The van der Waals surface area contributed by atoms with Gasteiger partial charge in [0.15, 0.2) is 24.1 Å². The molecule has 5 N–H and O–H groups in total. The lowest BCUT2D eigenvalue weighted by molar-refractivity contribution is -0.281. The number of amides is 1. The second-order valence-corrected chi connectivity index (χ2v) is 38.0. The van der Waals surface area contributed by atoms with Crippen LogP contribution >= 0.6 is 11.6 Å². The van der Waals surface area contributed by atoms with Crippen LogP contribution in [0.4, 0.5) is 28.4 Å². The number of anilines is 5. The Kier molecular flexibility index (Phi) is 31.9. The predicted molar refractivity (Wildman–Crippen MR) is 515 cm³/mol. The molecule has 0 saturated heterocycles. The second-order valence-electron chi connectivity index (χ2n) is 33.7. The van der Waals surface area contributed by atoms with Crippen LogP contribution in [0.25, 0.3) is 28.6 Å². The summed E-state index contributed by atoms with van der Waals surface area (Å²) in [5.41, 5.74) is 10.3. The molecule has 8 aromatic carbocycles. The van der Waals surface area contributed by atoms with Gasteiger partial charge in [-0.15, -0.1) is 24.9 Å². The highest BCUT2D eigenvalue weighted by molar-refractivity contribution is 7.95. The monoisotopic (exact) mass is 1850 g/mol. The van der Waals surface area contributed by atoms with Crippen molar-refractivity contribution < 1.29 is 61.3 Å². The summed E-state index contributed by atoms with van der Waals surface area (Å²) in [7, 11) is -7.94. The van der Waals surface area contributed by atoms with E-state index in [0.717, 1.165) is 90.3 Å². The Morgan fingerprint density at radius 2 is 1.19 bits per heavy atom. The summed E-state index contributed by atoms with van der Waals surface area (Å²) < 4.78 is 71.0. The Labute approximate surface area is 778 Å². The summed E-state index contributed by atoms with van der Waals surface area (Å²) in [5, 5.41) is 60.5. The van der Waals surface area contributed by atoms with E-state index in [4.69, 9.17) is 66.3 Å². The van der Waals surface area contributed by atoms with Crippen molar-refractivity contribution in [3.63, 3.8) is 0 Å². The molecular formula is C100H119ClN16O13S2. The maximum Gasteiger partial charge on any atom is 0.306 e. The molecule has 3 aromatic heterocycles. The molecule has 1 amide bonds. The van der Waals surface area contributed by atoms with Crippen LogP contribution in [0.3, 0.4) is 0 Å². The van der Waals surface area contributed by atoms with Crippen LogP contribution < -0.4 is 29.6 Å². The number of unbranched alkanes of at least 4 members (excludes halogenated alkanes) is 11. The minimum absolute atomic E-state index is 0.0203. The molecule has 6 atom stereocenters. The second kappa shape index (κ2) is 43.7. The van der Waals surface area contributed by atoms with E-state index < -0.39 is 55.0 Å². The number of fused-ring (bicyclic) bond motifs is 6. The molecule has 4 aliphatic rings. The molecule has 0 saturated carbocycles. The van der Waals surface area contributed by atoms with Gasteiger partial charge in [-0.25, -0.2) is 56.5 Å². The third kappa shape index (κ3) is 20.8. The van der Waals surface area contributed by atoms with Crippen molar-refractivity contribution in [1.29, 1.82) is 0 Å². The molecular weight excluding hydrogens is 1730 g/mol. The number of halogens is 1. The molecule has 0 fully saturated rings. The van der Waals surface area contributed by atoms with E-state index in [0.29, 0.717) is 64.0 Å². The first-order valence-corrected chi connectivity index (χ1v) is 49.2. The number of sulfone groups is 1. The van der Waals surface area contributed by atoms with Gasteiger partial charge in [-0.2, -0.15) is 10.2 Å². The maximum absolute atomic E-state index is 14.2. The number of carbonyl (C=O) groups is 2. The van der Waals surface area contributed by atoms with Crippen LogP contribution in [0.5, 0.6) is 0 Å². The number of rotatable bonds is 45. The molecule has 0 spiro atoms. The average molecular weight is 1850 g/mol. The fourth-order valence-corrected chi connectivity index (χ4v) is 21.1. The molecule has 6 unspecified atom stereocenters. The zero-order valence-electron chi connectivity index (χ0n) is 76.3. The van der Waals surface area contributed by atoms with Gasteiger partial charge in [-0.3, -0.25) is 9.59 Å². The number of aliphatic hydroxyl groups is 1. The van der Waals surface area contributed by atoms with Gasteiger partial charge in [0.25, 0.3) is 11.6 Å². The van der Waals surface area contributed by atoms with Gasteiger partial charge in [-0.05, 0) is 190 Å². The van der Waals surface area contributed by atoms with Gasteiger partial charge < -0.3 is 39.5 Å². The summed E-state index contributed by atoms with van der Waals surface area (Å²) in [6.07, 6.45) is 16.1. The van der Waals surface area contributed by atoms with Crippen molar-refractivity contribution in [1.82, 2.24) is 44.2 Å². The number of alkyl halides is 1. The third-order valence-electron chi connectivity index (χ3n) is 25.0. The summed E-state index contributed by atoms with van der Waals surface area (Å²) in [4.78, 5) is 55.6. The van der Waals surface area contributed by atoms with Crippen LogP contribution in [-0.4, -0.2) is 154 Å². The van der Waals surface area contributed by atoms with E-state index in [9.17, 15) is 42.0 Å². The highest BCUT2D eigenvalue weighted by atomic mass is 35.5. The van der Waals surface area contributed by atoms with Gasteiger partial charge in [-0.1, -0.05) is 211 Å². The van der Waals surface area contributed by atoms with E-state index in [1.54, 1.807) is 103 Å². The van der Waals surface area contributed by atoms with Crippen molar-refractivity contribution in [3.05, 3.63) is 268 Å². The molecule has 29 nitrogen and oxygen atoms in total. The van der Waals surface area contributed by atoms with Crippen LogP contribution in [0.15, 0.2) is 237 Å². The Morgan fingerprint density at radius 1 is 0.621 bits per heavy atom. The van der Waals surface area contributed by atoms with Crippen LogP contribution in [0, 0.1) is 13.8 Å². The maximum atomic E-state index is 14.2. The minimum Gasteiger partial charge on any atom is -0.473 e. The van der Waals surface area contributed by atoms with E-state index >= 15 is 0 Å². The number of benzene rings is 8. The topological polar surface area (TPSA) is 341 Å². The summed E-state index contributed by atoms with van der Waals surface area (Å²) in [6, 6.07) is 61.1. The number of aromatic nitrogens is 8. The van der Waals surface area contributed by atoms with Crippen LogP contribution in [-0.2, 0) is 59.4 Å². The predicted octanol–water partition coefficient (Wildman–Crippen LogP) is 19.1. The SMILES string of the molecule is CCCCCCCCCCCCCCOC(=O)CCC(=O)Nc1ccc(-c2nc3n(n2)N=C(C)C3(Cl)N(c2ccc(N(CC)CC)cc2C)C(CC2c3ccccc3-c3ccccc32)OO)cc1.CCN(CC)c1ccc(N(C(CC2=Cc3ccccc3S2(=O)=O)OO)C2(n3cccn3)C(OCC(O)c3ccccc3)=Nn3nc(C(C)CNS(=O)(=O)c4ccccc4)nc32)c(C)c1. The Bertz CT molecular complexity index is 6070. The number of aliphatic hydroxyl groups excluding tert-OH is 1. The minimum atomic E-state index is -4.04. The highest BCUT2D eigenvalue weighted by Gasteiger charge is 2.60. The number of nitrogens with zero attached hydrogens (tertiary/aromatic N) is 14. The molecule has 15 rings (SSSR count). The Hall–Kier alpha value is -11.8. The smallest absolute Gasteiger partial charge is 0.306 e.